The van der Waals surface area contributed by atoms with E-state index in [0.29, 0.717) is 5.82 Å². The Morgan fingerprint density at radius 2 is 2.00 bits per heavy atom. The normalized spacial score (nSPS) is 10.5. The van der Waals surface area contributed by atoms with Crippen LogP contribution in [0.2, 0.25) is 0 Å². The predicted molar refractivity (Wildman–Crippen MR) is 59.5 cm³/mol. The second kappa shape index (κ2) is 4.60. The summed E-state index contributed by atoms with van der Waals surface area (Å²) in [6.45, 7) is 6.40. The molecular formula is C10H15N5. The molecule has 0 saturated heterocycles. The molecule has 0 aromatic carbocycles. The first-order valence-electron chi connectivity index (χ1n) is 4.72. The molecule has 1 aromatic heterocycles. The number of hydrogen-bond acceptors (Lipinski definition) is 5. The summed E-state index contributed by atoms with van der Waals surface area (Å²) < 4.78 is 0. The van der Waals surface area contributed by atoms with Crippen LogP contribution in [-0.4, -0.2) is 22.1 Å². The van der Waals surface area contributed by atoms with Gasteiger partial charge < -0.3 is 10.6 Å². The maximum Gasteiger partial charge on any atom is 0.132 e. The zero-order chi connectivity index (χ0) is 11.3. The van der Waals surface area contributed by atoms with Crippen molar-refractivity contribution in [1.82, 2.24) is 9.97 Å². The van der Waals surface area contributed by atoms with E-state index in [1.165, 1.54) is 6.33 Å². The van der Waals surface area contributed by atoms with Crippen LogP contribution >= 0.6 is 0 Å². The Balaban J connectivity index is 2.71. The van der Waals surface area contributed by atoms with Gasteiger partial charge in [0.05, 0.1) is 6.07 Å². The lowest BCUT2D eigenvalue weighted by atomic mass is 10.1. The van der Waals surface area contributed by atoms with Gasteiger partial charge in [0, 0.05) is 11.6 Å². The van der Waals surface area contributed by atoms with Crippen LogP contribution in [0.3, 0.4) is 0 Å². The Labute approximate surface area is 89.6 Å². The molecule has 0 aliphatic heterocycles. The van der Waals surface area contributed by atoms with E-state index < -0.39 is 0 Å². The van der Waals surface area contributed by atoms with Crippen LogP contribution in [-0.2, 0) is 0 Å². The third-order valence-corrected chi connectivity index (χ3v) is 1.52. The Morgan fingerprint density at radius 3 is 2.60 bits per heavy atom. The summed E-state index contributed by atoms with van der Waals surface area (Å²) in [6.07, 6.45) is 1.47. The van der Waals surface area contributed by atoms with E-state index in [4.69, 9.17) is 5.26 Å². The van der Waals surface area contributed by atoms with E-state index in [0.717, 1.165) is 5.82 Å². The van der Waals surface area contributed by atoms with E-state index in [1.54, 1.807) is 6.07 Å². The van der Waals surface area contributed by atoms with Crippen LogP contribution in [0.25, 0.3) is 0 Å². The van der Waals surface area contributed by atoms with Crippen molar-refractivity contribution < 1.29 is 0 Å². The average Bonchev–Trinajstić information content (AvgIpc) is 2.12. The number of nitrogens with one attached hydrogen (secondary N) is 2. The summed E-state index contributed by atoms with van der Waals surface area (Å²) in [4.78, 5) is 8.08. The molecule has 5 heteroatoms. The van der Waals surface area contributed by atoms with Crippen LogP contribution in [0, 0.1) is 11.3 Å². The molecule has 0 aliphatic carbocycles. The molecule has 0 radical (unpaired) electrons. The number of rotatable bonds is 3. The molecule has 0 aliphatic rings. The standard InChI is InChI=1S/C10H15N5/c1-10(2,3)15-9-6-8(12-5-4-11)13-7-14-9/h6-7H,5H2,1-3H3,(H2,12,13,14,15). The number of anilines is 2. The molecule has 15 heavy (non-hydrogen) atoms. The van der Waals surface area contributed by atoms with Crippen molar-refractivity contribution in [3.63, 3.8) is 0 Å². The fourth-order valence-electron chi connectivity index (χ4n) is 1.04. The van der Waals surface area contributed by atoms with E-state index in [2.05, 4.69) is 41.4 Å². The smallest absolute Gasteiger partial charge is 0.132 e. The summed E-state index contributed by atoms with van der Waals surface area (Å²) in [7, 11) is 0. The first kappa shape index (κ1) is 11.2. The van der Waals surface area contributed by atoms with Crippen molar-refractivity contribution in [3.8, 4) is 6.07 Å². The SMILES string of the molecule is CC(C)(C)Nc1cc(NCC#N)ncn1. The summed E-state index contributed by atoms with van der Waals surface area (Å²) in [5.74, 6) is 1.40. The summed E-state index contributed by atoms with van der Waals surface area (Å²) >= 11 is 0. The minimum atomic E-state index is -0.0408. The Kier molecular flexibility index (Phi) is 3.45. The van der Waals surface area contributed by atoms with Gasteiger partial charge in [0.1, 0.15) is 24.5 Å². The molecule has 0 saturated carbocycles. The largest absolute Gasteiger partial charge is 0.365 e. The number of aromatic nitrogens is 2. The highest BCUT2D eigenvalue weighted by atomic mass is 15.1. The van der Waals surface area contributed by atoms with Gasteiger partial charge in [0.25, 0.3) is 0 Å². The number of nitrogens with zero attached hydrogens (tertiary/aromatic N) is 3. The van der Waals surface area contributed by atoms with Crippen molar-refractivity contribution in [1.29, 1.82) is 5.26 Å². The Morgan fingerprint density at radius 1 is 1.33 bits per heavy atom. The lowest BCUT2D eigenvalue weighted by molar-refractivity contribution is 0.630. The molecule has 0 fully saturated rings. The summed E-state index contributed by atoms with van der Waals surface area (Å²) in [6, 6.07) is 3.77. The molecular weight excluding hydrogens is 190 g/mol. The van der Waals surface area contributed by atoms with Gasteiger partial charge in [-0.1, -0.05) is 0 Å². The number of nitriles is 1. The molecule has 0 unspecified atom stereocenters. The van der Waals surface area contributed by atoms with Crippen molar-refractivity contribution in [2.24, 2.45) is 0 Å². The van der Waals surface area contributed by atoms with Gasteiger partial charge in [-0.25, -0.2) is 9.97 Å². The van der Waals surface area contributed by atoms with Crippen LogP contribution in [0.15, 0.2) is 12.4 Å². The zero-order valence-electron chi connectivity index (χ0n) is 9.20. The van der Waals surface area contributed by atoms with Gasteiger partial charge in [0.2, 0.25) is 0 Å². The second-order valence-electron chi connectivity index (χ2n) is 4.18. The molecule has 0 bridgehead atoms. The highest BCUT2D eigenvalue weighted by Crippen LogP contribution is 2.13. The van der Waals surface area contributed by atoms with Gasteiger partial charge in [-0.15, -0.1) is 0 Å². The van der Waals surface area contributed by atoms with Crippen LogP contribution in [0.1, 0.15) is 20.8 Å². The summed E-state index contributed by atoms with van der Waals surface area (Å²) in [5.41, 5.74) is -0.0408. The van der Waals surface area contributed by atoms with Crippen LogP contribution in [0.5, 0.6) is 0 Å². The lowest BCUT2D eigenvalue weighted by Gasteiger charge is -2.21. The molecule has 5 nitrogen and oxygen atoms in total. The molecule has 0 atom stereocenters. The zero-order valence-corrected chi connectivity index (χ0v) is 9.20. The molecule has 2 N–H and O–H groups in total. The Hall–Kier alpha value is -1.83. The molecule has 1 heterocycles. The fraction of sp³-hybridized carbons (Fsp3) is 0.500. The first-order chi connectivity index (χ1) is 7.01. The molecule has 1 rings (SSSR count). The van der Waals surface area contributed by atoms with Crippen LogP contribution < -0.4 is 10.6 Å². The van der Waals surface area contributed by atoms with E-state index in [1.807, 2.05) is 6.07 Å². The maximum atomic E-state index is 8.41. The topological polar surface area (TPSA) is 73.6 Å². The number of hydrogen-bond donors (Lipinski definition) is 2. The fourth-order valence-corrected chi connectivity index (χ4v) is 1.04. The molecule has 0 spiro atoms. The molecule has 0 amide bonds. The van der Waals surface area contributed by atoms with Crippen LogP contribution in [0.4, 0.5) is 11.6 Å². The van der Waals surface area contributed by atoms with Crippen molar-refractivity contribution in [2.75, 3.05) is 17.2 Å². The van der Waals surface area contributed by atoms with E-state index >= 15 is 0 Å². The molecule has 1 aromatic rings. The van der Waals surface area contributed by atoms with Gasteiger partial charge in [-0.3, -0.25) is 0 Å². The summed E-state index contributed by atoms with van der Waals surface area (Å²) in [5, 5.41) is 14.5. The van der Waals surface area contributed by atoms with Gasteiger partial charge in [-0.2, -0.15) is 5.26 Å². The highest BCUT2D eigenvalue weighted by molar-refractivity contribution is 5.47. The van der Waals surface area contributed by atoms with Gasteiger partial charge >= 0.3 is 0 Å². The highest BCUT2D eigenvalue weighted by Gasteiger charge is 2.10. The average molecular weight is 205 g/mol. The van der Waals surface area contributed by atoms with Crippen molar-refractivity contribution in [3.05, 3.63) is 12.4 Å². The van der Waals surface area contributed by atoms with Gasteiger partial charge in [-0.05, 0) is 20.8 Å². The monoisotopic (exact) mass is 205 g/mol. The predicted octanol–water partition coefficient (Wildman–Crippen LogP) is 1.62. The lowest BCUT2D eigenvalue weighted by Crippen LogP contribution is -2.26. The second-order valence-corrected chi connectivity index (χ2v) is 4.18. The quantitative estimate of drug-likeness (QED) is 0.733. The Bertz CT molecular complexity index is 361. The third-order valence-electron chi connectivity index (χ3n) is 1.52. The third kappa shape index (κ3) is 4.27. The van der Waals surface area contributed by atoms with Crippen molar-refractivity contribution in [2.45, 2.75) is 26.3 Å². The first-order valence-corrected chi connectivity index (χ1v) is 4.72. The molecule has 80 valence electrons. The van der Waals surface area contributed by atoms with Crippen molar-refractivity contribution >= 4 is 11.6 Å². The van der Waals surface area contributed by atoms with Gasteiger partial charge in [0.15, 0.2) is 0 Å². The minimum absolute atomic E-state index is 0.0408. The minimum Gasteiger partial charge on any atom is -0.365 e. The maximum absolute atomic E-state index is 8.41. The van der Waals surface area contributed by atoms with E-state index in [-0.39, 0.29) is 12.1 Å². The van der Waals surface area contributed by atoms with E-state index in [9.17, 15) is 0 Å².